The highest BCUT2D eigenvalue weighted by atomic mass is 16.7. The highest BCUT2D eigenvalue weighted by Gasteiger charge is 2.24. The summed E-state index contributed by atoms with van der Waals surface area (Å²) in [6.45, 7) is 8.65. The Morgan fingerprint density at radius 1 is 1.04 bits per heavy atom. The van der Waals surface area contributed by atoms with E-state index in [1.165, 1.54) is 24.1 Å². The summed E-state index contributed by atoms with van der Waals surface area (Å²) in [5.41, 5.74) is 3.35. The first-order valence-electron chi connectivity index (χ1n) is 15.4. The van der Waals surface area contributed by atoms with Gasteiger partial charge in [-0.3, -0.25) is 14.9 Å². The fourth-order valence-corrected chi connectivity index (χ4v) is 5.50. The molecule has 5 aromatic rings. The van der Waals surface area contributed by atoms with Crippen molar-refractivity contribution in [3.05, 3.63) is 109 Å². The number of nitro groups is 1. The molecule has 0 saturated carbocycles. The lowest BCUT2D eigenvalue weighted by atomic mass is 9.96. The first kappa shape index (κ1) is 32.0. The first-order chi connectivity index (χ1) is 23.2. The lowest BCUT2D eigenvalue weighted by Gasteiger charge is -2.18. The van der Waals surface area contributed by atoms with E-state index in [-0.39, 0.29) is 36.5 Å². The minimum absolute atomic E-state index is 0.0165. The molecular weight excluding hydrogens is 616 g/mol. The maximum Gasteiger partial charge on any atom is 0.315 e. The summed E-state index contributed by atoms with van der Waals surface area (Å²) in [6.07, 6.45) is 1.37. The van der Waals surface area contributed by atoms with Gasteiger partial charge in [-0.05, 0) is 78.9 Å². The van der Waals surface area contributed by atoms with Gasteiger partial charge in [0, 0.05) is 17.2 Å². The van der Waals surface area contributed by atoms with E-state index in [4.69, 9.17) is 28.7 Å². The quantitative estimate of drug-likeness (QED) is 0.0840. The van der Waals surface area contributed by atoms with Gasteiger partial charge in [-0.2, -0.15) is 9.78 Å². The molecular formula is C36H34N4O8. The molecule has 6 rings (SSSR count). The lowest BCUT2D eigenvalue weighted by Crippen LogP contribution is -2.21. The molecule has 0 spiro atoms. The summed E-state index contributed by atoms with van der Waals surface area (Å²) in [5.74, 6) is 2.49. The number of nitrogens with zero attached hydrogens (tertiary/aromatic N) is 4. The van der Waals surface area contributed by atoms with Crippen molar-refractivity contribution < 1.29 is 28.6 Å². The fourth-order valence-electron chi connectivity index (χ4n) is 5.50. The van der Waals surface area contributed by atoms with Crippen LogP contribution in [-0.2, 0) is 6.61 Å². The van der Waals surface area contributed by atoms with Gasteiger partial charge in [0.2, 0.25) is 12.5 Å². The maximum absolute atomic E-state index is 13.9. The van der Waals surface area contributed by atoms with Crippen LogP contribution in [0.3, 0.4) is 0 Å². The molecule has 246 valence electrons. The topological polar surface area (TPSA) is 137 Å². The maximum atomic E-state index is 13.9. The largest absolute Gasteiger partial charge is 0.494 e. The van der Waals surface area contributed by atoms with E-state index >= 15 is 0 Å². The molecule has 2 heterocycles. The Kier molecular flexibility index (Phi) is 8.98. The van der Waals surface area contributed by atoms with Crippen LogP contribution in [-0.4, -0.2) is 41.3 Å². The van der Waals surface area contributed by atoms with Crippen molar-refractivity contribution in [2.75, 3.05) is 20.5 Å². The molecule has 12 heteroatoms. The summed E-state index contributed by atoms with van der Waals surface area (Å²) in [7, 11) is 1.39. The molecule has 0 saturated heterocycles. The normalized spacial score (nSPS) is 12.2. The Morgan fingerprint density at radius 3 is 2.58 bits per heavy atom. The number of para-hydroxylation sites is 1. The van der Waals surface area contributed by atoms with E-state index in [1.807, 2.05) is 32.0 Å². The molecule has 0 N–H and O–H groups in total. The van der Waals surface area contributed by atoms with Crippen molar-refractivity contribution in [1.29, 1.82) is 0 Å². The summed E-state index contributed by atoms with van der Waals surface area (Å²) < 4.78 is 29.3. The van der Waals surface area contributed by atoms with Crippen molar-refractivity contribution in [3.63, 3.8) is 0 Å². The molecule has 0 atom stereocenters. The minimum Gasteiger partial charge on any atom is -0.494 e. The molecule has 0 amide bonds. The van der Waals surface area contributed by atoms with Gasteiger partial charge in [-0.15, -0.1) is 0 Å². The number of aromatic nitrogens is 2. The standard InChI is InChI=1S/C36H34N4O8/c1-6-45-31-13-22(4)27(17-26(31)21(2)3)35-38-28-10-8-7-9-25(28)36(41)39(35)37-18-24-14-29(40(42)43)34(33(16-24)44-5)46-19-23-11-12-30-32(15-23)48-20-47-30/h7-18,21H,6,19-20H2,1-5H3. The highest BCUT2D eigenvalue weighted by Crippen LogP contribution is 2.40. The smallest absolute Gasteiger partial charge is 0.315 e. The number of aryl methyl sites for hydroxylation is 1. The van der Waals surface area contributed by atoms with Crippen LogP contribution < -0.4 is 29.2 Å². The number of hydrogen-bond acceptors (Lipinski definition) is 10. The SMILES string of the molecule is CCOc1cc(C)c(-c2nc3ccccc3c(=O)n2N=Cc2cc(OC)c(OCc3ccc4c(c3)OCO4)c([N+](=O)[O-])c2)cc1C(C)C. The fraction of sp³-hybridized carbons (Fsp3) is 0.250. The van der Waals surface area contributed by atoms with Gasteiger partial charge in [0.25, 0.3) is 5.56 Å². The van der Waals surface area contributed by atoms with Crippen molar-refractivity contribution in [1.82, 2.24) is 9.66 Å². The van der Waals surface area contributed by atoms with E-state index in [9.17, 15) is 14.9 Å². The van der Waals surface area contributed by atoms with Gasteiger partial charge in [0.15, 0.2) is 23.1 Å². The van der Waals surface area contributed by atoms with E-state index in [0.717, 1.165) is 22.4 Å². The van der Waals surface area contributed by atoms with E-state index in [2.05, 4.69) is 18.9 Å². The number of methoxy groups -OCH3 is 1. The lowest BCUT2D eigenvalue weighted by molar-refractivity contribution is -0.386. The van der Waals surface area contributed by atoms with Crippen LogP contribution in [0.15, 0.2) is 76.6 Å². The van der Waals surface area contributed by atoms with Crippen LogP contribution in [0.5, 0.6) is 28.7 Å². The zero-order valence-corrected chi connectivity index (χ0v) is 27.2. The van der Waals surface area contributed by atoms with Crippen LogP contribution in [0.1, 0.15) is 48.9 Å². The number of fused-ring (bicyclic) bond motifs is 2. The van der Waals surface area contributed by atoms with E-state index in [0.29, 0.717) is 46.0 Å². The summed E-state index contributed by atoms with van der Waals surface area (Å²) in [5, 5.41) is 17.2. The Bertz CT molecular complexity index is 2120. The van der Waals surface area contributed by atoms with Crippen molar-refractivity contribution in [3.8, 4) is 40.1 Å². The van der Waals surface area contributed by atoms with Gasteiger partial charge in [-0.1, -0.05) is 32.0 Å². The van der Waals surface area contributed by atoms with Crippen LogP contribution >= 0.6 is 0 Å². The Balaban J connectivity index is 1.42. The molecule has 48 heavy (non-hydrogen) atoms. The Hall–Kier alpha value is -5.91. The van der Waals surface area contributed by atoms with E-state index < -0.39 is 10.5 Å². The van der Waals surface area contributed by atoms with Gasteiger partial charge < -0.3 is 23.7 Å². The van der Waals surface area contributed by atoms with Crippen LogP contribution in [0.25, 0.3) is 22.3 Å². The molecule has 0 bridgehead atoms. The second-order valence-electron chi connectivity index (χ2n) is 11.4. The second kappa shape index (κ2) is 13.4. The highest BCUT2D eigenvalue weighted by molar-refractivity contribution is 5.84. The van der Waals surface area contributed by atoms with Crippen molar-refractivity contribution in [2.45, 2.75) is 40.2 Å². The Labute approximate surface area is 276 Å². The molecule has 0 radical (unpaired) electrons. The zero-order chi connectivity index (χ0) is 33.9. The average molecular weight is 651 g/mol. The van der Waals surface area contributed by atoms with Gasteiger partial charge in [-0.25, -0.2) is 4.98 Å². The van der Waals surface area contributed by atoms with Gasteiger partial charge in [0.1, 0.15) is 12.4 Å². The predicted octanol–water partition coefficient (Wildman–Crippen LogP) is 7.00. The Morgan fingerprint density at radius 2 is 1.83 bits per heavy atom. The van der Waals surface area contributed by atoms with Crippen LogP contribution in [0.2, 0.25) is 0 Å². The third kappa shape index (κ3) is 6.24. The van der Waals surface area contributed by atoms with E-state index in [1.54, 1.807) is 42.5 Å². The molecule has 0 unspecified atom stereocenters. The number of benzene rings is 4. The average Bonchev–Trinajstić information content (AvgIpc) is 3.55. The second-order valence-corrected chi connectivity index (χ2v) is 11.4. The molecule has 1 aliphatic rings. The number of hydrogen-bond donors (Lipinski definition) is 0. The monoisotopic (exact) mass is 650 g/mol. The first-order valence-corrected chi connectivity index (χ1v) is 15.4. The summed E-state index contributed by atoms with van der Waals surface area (Å²) >= 11 is 0. The summed E-state index contributed by atoms with van der Waals surface area (Å²) in [6, 6.07) is 19.1. The summed E-state index contributed by atoms with van der Waals surface area (Å²) in [4.78, 5) is 30.4. The number of nitro benzene ring substituents is 1. The molecule has 12 nitrogen and oxygen atoms in total. The van der Waals surface area contributed by atoms with Crippen molar-refractivity contribution in [2.24, 2.45) is 5.10 Å². The minimum atomic E-state index is -0.555. The molecule has 4 aromatic carbocycles. The van der Waals surface area contributed by atoms with Gasteiger partial charge >= 0.3 is 5.69 Å². The third-order valence-electron chi connectivity index (χ3n) is 7.89. The molecule has 1 aliphatic heterocycles. The predicted molar refractivity (Wildman–Crippen MR) is 181 cm³/mol. The molecule has 0 fully saturated rings. The number of rotatable bonds is 11. The molecule has 1 aromatic heterocycles. The zero-order valence-electron chi connectivity index (χ0n) is 27.2. The third-order valence-corrected chi connectivity index (χ3v) is 7.89. The van der Waals surface area contributed by atoms with Crippen molar-refractivity contribution >= 4 is 22.8 Å². The van der Waals surface area contributed by atoms with Crippen LogP contribution in [0.4, 0.5) is 5.69 Å². The molecule has 0 aliphatic carbocycles. The van der Waals surface area contributed by atoms with Crippen LogP contribution in [0, 0.1) is 17.0 Å². The number of ether oxygens (including phenoxy) is 5. The van der Waals surface area contributed by atoms with Gasteiger partial charge in [0.05, 0.1) is 35.8 Å².